The Kier molecular flexibility index (Phi) is 2.83. The molecule has 0 atom stereocenters. The van der Waals surface area contributed by atoms with Gasteiger partial charge in [0.15, 0.2) is 0 Å². The molecule has 5 nitrogen and oxygen atoms in total. The Morgan fingerprint density at radius 3 is 2.82 bits per heavy atom. The predicted octanol–water partition coefficient (Wildman–Crippen LogP) is 1.60. The van der Waals surface area contributed by atoms with Crippen molar-refractivity contribution in [1.82, 2.24) is 20.5 Å². The Balaban J connectivity index is 1.83. The average Bonchev–Trinajstić information content (AvgIpc) is 2.90. The molecule has 0 saturated carbocycles. The molecule has 1 N–H and O–H groups in total. The van der Waals surface area contributed by atoms with Gasteiger partial charge in [0.2, 0.25) is 5.89 Å². The summed E-state index contributed by atoms with van der Waals surface area (Å²) in [5.41, 5.74) is 0.736. The molecule has 0 bridgehead atoms. The van der Waals surface area contributed by atoms with Crippen LogP contribution in [0.1, 0.15) is 24.7 Å². The molecule has 0 aliphatic carbocycles. The highest BCUT2D eigenvalue weighted by Crippen LogP contribution is 2.26. The fourth-order valence-corrected chi connectivity index (χ4v) is 2.06. The highest BCUT2D eigenvalue weighted by Gasteiger charge is 2.21. The molecule has 1 saturated heterocycles. The molecule has 5 heteroatoms. The van der Waals surface area contributed by atoms with E-state index in [0.29, 0.717) is 11.8 Å². The number of nitrogens with zero attached hydrogens (tertiary/aromatic N) is 3. The van der Waals surface area contributed by atoms with Crippen molar-refractivity contribution in [3.8, 4) is 11.6 Å². The van der Waals surface area contributed by atoms with Gasteiger partial charge in [-0.15, -0.1) is 10.2 Å². The number of aromatic nitrogens is 3. The van der Waals surface area contributed by atoms with Crippen LogP contribution in [0, 0.1) is 0 Å². The third-order valence-electron chi connectivity index (χ3n) is 3.01. The molecule has 1 fully saturated rings. The van der Waals surface area contributed by atoms with E-state index < -0.39 is 0 Å². The Labute approximate surface area is 99.3 Å². The van der Waals surface area contributed by atoms with Gasteiger partial charge in [0.05, 0.1) is 0 Å². The lowest BCUT2D eigenvalue weighted by atomic mass is 9.98. The molecule has 17 heavy (non-hydrogen) atoms. The Hall–Kier alpha value is -1.75. The number of piperidine rings is 1. The molecule has 1 aliphatic rings. The van der Waals surface area contributed by atoms with Crippen molar-refractivity contribution >= 4 is 0 Å². The fraction of sp³-hybridized carbons (Fsp3) is 0.417. The van der Waals surface area contributed by atoms with Crippen molar-refractivity contribution in [3.63, 3.8) is 0 Å². The van der Waals surface area contributed by atoms with Crippen molar-refractivity contribution in [2.45, 2.75) is 18.8 Å². The Morgan fingerprint density at radius 1 is 1.18 bits per heavy atom. The first kappa shape index (κ1) is 10.4. The van der Waals surface area contributed by atoms with Crippen LogP contribution < -0.4 is 5.32 Å². The summed E-state index contributed by atoms with van der Waals surface area (Å²) in [6.45, 7) is 2.04. The molecule has 88 valence electrons. The van der Waals surface area contributed by atoms with Crippen LogP contribution in [-0.4, -0.2) is 28.3 Å². The van der Waals surface area contributed by atoms with Crippen molar-refractivity contribution in [3.05, 3.63) is 30.3 Å². The van der Waals surface area contributed by atoms with Gasteiger partial charge < -0.3 is 9.73 Å². The van der Waals surface area contributed by atoms with E-state index in [4.69, 9.17) is 4.42 Å². The van der Waals surface area contributed by atoms with E-state index in [9.17, 15) is 0 Å². The zero-order valence-electron chi connectivity index (χ0n) is 9.47. The molecule has 3 heterocycles. The molecule has 0 spiro atoms. The largest absolute Gasteiger partial charge is 0.419 e. The number of rotatable bonds is 2. The first-order valence-corrected chi connectivity index (χ1v) is 5.89. The third kappa shape index (κ3) is 2.19. The van der Waals surface area contributed by atoms with Crippen LogP contribution >= 0.6 is 0 Å². The maximum Gasteiger partial charge on any atom is 0.266 e. The fourth-order valence-electron chi connectivity index (χ4n) is 2.06. The topological polar surface area (TPSA) is 63.8 Å². The first-order valence-electron chi connectivity index (χ1n) is 5.89. The minimum atomic E-state index is 0.390. The van der Waals surface area contributed by atoms with Crippen molar-refractivity contribution in [2.75, 3.05) is 13.1 Å². The highest BCUT2D eigenvalue weighted by molar-refractivity contribution is 5.44. The van der Waals surface area contributed by atoms with E-state index in [2.05, 4.69) is 20.5 Å². The second kappa shape index (κ2) is 4.63. The second-order valence-electron chi connectivity index (χ2n) is 4.18. The maximum absolute atomic E-state index is 5.70. The van der Waals surface area contributed by atoms with Gasteiger partial charge in [-0.05, 0) is 38.1 Å². The van der Waals surface area contributed by atoms with Gasteiger partial charge in [-0.25, -0.2) is 0 Å². The number of hydrogen-bond donors (Lipinski definition) is 1. The summed E-state index contributed by atoms with van der Waals surface area (Å²) in [6, 6.07) is 5.66. The molecule has 0 unspecified atom stereocenters. The monoisotopic (exact) mass is 230 g/mol. The van der Waals surface area contributed by atoms with Crippen LogP contribution in [0.2, 0.25) is 0 Å². The number of nitrogens with one attached hydrogen (secondary N) is 1. The van der Waals surface area contributed by atoms with Crippen molar-refractivity contribution in [2.24, 2.45) is 0 Å². The molecule has 0 amide bonds. The predicted molar refractivity (Wildman–Crippen MR) is 62.4 cm³/mol. The molecule has 0 radical (unpaired) electrons. The number of pyridine rings is 1. The van der Waals surface area contributed by atoms with Gasteiger partial charge in [-0.1, -0.05) is 6.07 Å². The lowest BCUT2D eigenvalue weighted by Gasteiger charge is -2.18. The van der Waals surface area contributed by atoms with Gasteiger partial charge in [0, 0.05) is 12.1 Å². The highest BCUT2D eigenvalue weighted by atomic mass is 16.4. The second-order valence-corrected chi connectivity index (χ2v) is 4.18. The first-order chi connectivity index (χ1) is 8.43. The van der Waals surface area contributed by atoms with Gasteiger partial charge in [-0.3, -0.25) is 4.98 Å². The van der Waals surface area contributed by atoms with Crippen LogP contribution in [0.4, 0.5) is 0 Å². The Bertz CT molecular complexity index is 476. The minimum absolute atomic E-state index is 0.390. The van der Waals surface area contributed by atoms with Gasteiger partial charge in [-0.2, -0.15) is 0 Å². The summed E-state index contributed by atoms with van der Waals surface area (Å²) >= 11 is 0. The smallest absolute Gasteiger partial charge is 0.266 e. The van der Waals surface area contributed by atoms with E-state index >= 15 is 0 Å². The zero-order valence-corrected chi connectivity index (χ0v) is 9.47. The lowest BCUT2D eigenvalue weighted by molar-refractivity contribution is 0.378. The van der Waals surface area contributed by atoms with E-state index in [1.54, 1.807) is 6.20 Å². The standard InChI is InChI=1S/C12H14N4O/c1-2-6-14-10(3-1)12-16-15-11(17-12)9-4-7-13-8-5-9/h1-3,6,9,13H,4-5,7-8H2. The molecule has 0 aromatic carbocycles. The molecule has 2 aromatic heterocycles. The van der Waals surface area contributed by atoms with Crippen LogP contribution in [0.5, 0.6) is 0 Å². The van der Waals surface area contributed by atoms with Gasteiger partial charge >= 0.3 is 0 Å². The molecule has 2 aromatic rings. The summed E-state index contributed by atoms with van der Waals surface area (Å²) in [6.07, 6.45) is 3.84. The van der Waals surface area contributed by atoms with Crippen LogP contribution in [0.15, 0.2) is 28.8 Å². The van der Waals surface area contributed by atoms with E-state index in [0.717, 1.165) is 37.5 Å². The van der Waals surface area contributed by atoms with Crippen molar-refractivity contribution < 1.29 is 4.42 Å². The van der Waals surface area contributed by atoms with Crippen LogP contribution in [0.25, 0.3) is 11.6 Å². The van der Waals surface area contributed by atoms with E-state index in [1.165, 1.54) is 0 Å². The summed E-state index contributed by atoms with van der Waals surface area (Å²) in [5.74, 6) is 1.65. The van der Waals surface area contributed by atoms with E-state index in [-0.39, 0.29) is 0 Å². The minimum Gasteiger partial charge on any atom is -0.419 e. The average molecular weight is 230 g/mol. The lowest BCUT2D eigenvalue weighted by Crippen LogP contribution is -2.26. The molecular formula is C12H14N4O. The molecule has 3 rings (SSSR count). The summed E-state index contributed by atoms with van der Waals surface area (Å²) < 4.78 is 5.70. The van der Waals surface area contributed by atoms with Gasteiger partial charge in [0.25, 0.3) is 5.89 Å². The normalized spacial score (nSPS) is 17.2. The summed E-state index contributed by atoms with van der Waals surface area (Å²) in [5, 5.41) is 11.5. The Morgan fingerprint density at radius 2 is 2.06 bits per heavy atom. The SMILES string of the molecule is c1ccc(-c2nnc(C3CCNCC3)o2)nc1. The summed E-state index contributed by atoms with van der Waals surface area (Å²) in [4.78, 5) is 4.20. The maximum atomic E-state index is 5.70. The van der Waals surface area contributed by atoms with Gasteiger partial charge in [0.1, 0.15) is 5.69 Å². The third-order valence-corrected chi connectivity index (χ3v) is 3.01. The van der Waals surface area contributed by atoms with E-state index in [1.807, 2.05) is 18.2 Å². The van der Waals surface area contributed by atoms with Crippen LogP contribution in [0.3, 0.4) is 0 Å². The number of hydrogen-bond acceptors (Lipinski definition) is 5. The molecular weight excluding hydrogens is 216 g/mol. The zero-order chi connectivity index (χ0) is 11.5. The quantitative estimate of drug-likeness (QED) is 0.849. The summed E-state index contributed by atoms with van der Waals surface area (Å²) in [7, 11) is 0. The van der Waals surface area contributed by atoms with Crippen LogP contribution in [-0.2, 0) is 0 Å². The molecule has 1 aliphatic heterocycles. The van der Waals surface area contributed by atoms with Crippen molar-refractivity contribution in [1.29, 1.82) is 0 Å².